The third-order valence-corrected chi connectivity index (χ3v) is 4.37. The SMILES string of the molecule is CC1=CCC(c2ccc3ccccc3c2C(C)O)=C1C. The predicted molar refractivity (Wildman–Crippen MR) is 85.5 cm³/mol. The quantitative estimate of drug-likeness (QED) is 0.807. The van der Waals surface area contributed by atoms with Crippen LogP contribution in [-0.2, 0) is 0 Å². The van der Waals surface area contributed by atoms with Crippen molar-refractivity contribution in [2.45, 2.75) is 33.3 Å². The molecular weight excluding hydrogens is 244 g/mol. The van der Waals surface area contributed by atoms with Crippen molar-refractivity contribution < 1.29 is 5.11 Å². The Morgan fingerprint density at radius 1 is 1.05 bits per heavy atom. The van der Waals surface area contributed by atoms with Crippen LogP contribution in [0.1, 0.15) is 44.4 Å². The minimum absolute atomic E-state index is 0.461. The molecule has 3 rings (SSSR count). The van der Waals surface area contributed by atoms with Crippen LogP contribution < -0.4 is 0 Å². The molecule has 0 heterocycles. The van der Waals surface area contributed by atoms with Crippen LogP contribution in [0.2, 0.25) is 0 Å². The second-order valence-electron chi connectivity index (χ2n) is 5.62. The molecule has 0 radical (unpaired) electrons. The Kier molecular flexibility index (Phi) is 3.23. The van der Waals surface area contributed by atoms with Gasteiger partial charge in [-0.2, -0.15) is 0 Å². The second kappa shape index (κ2) is 4.92. The van der Waals surface area contributed by atoms with Crippen molar-refractivity contribution in [3.63, 3.8) is 0 Å². The lowest BCUT2D eigenvalue weighted by Crippen LogP contribution is -2.00. The van der Waals surface area contributed by atoms with Gasteiger partial charge >= 0.3 is 0 Å². The number of benzene rings is 2. The van der Waals surface area contributed by atoms with E-state index in [9.17, 15) is 5.11 Å². The van der Waals surface area contributed by atoms with E-state index < -0.39 is 6.10 Å². The molecule has 0 fully saturated rings. The summed E-state index contributed by atoms with van der Waals surface area (Å²) >= 11 is 0. The molecule has 1 nitrogen and oxygen atoms in total. The van der Waals surface area contributed by atoms with E-state index >= 15 is 0 Å². The first kappa shape index (κ1) is 13.1. The Labute approximate surface area is 120 Å². The smallest absolute Gasteiger partial charge is 0.0773 e. The van der Waals surface area contributed by atoms with Gasteiger partial charge < -0.3 is 5.11 Å². The zero-order valence-corrected chi connectivity index (χ0v) is 12.3. The highest BCUT2D eigenvalue weighted by molar-refractivity contribution is 5.92. The van der Waals surface area contributed by atoms with E-state index in [-0.39, 0.29) is 0 Å². The van der Waals surface area contributed by atoms with E-state index in [0.717, 1.165) is 17.4 Å². The molecule has 2 aromatic carbocycles. The largest absolute Gasteiger partial charge is 0.389 e. The molecule has 0 aliphatic heterocycles. The average molecular weight is 264 g/mol. The minimum atomic E-state index is -0.461. The standard InChI is InChI=1S/C19H20O/c1-12-8-10-16(13(12)2)18-11-9-15-6-4-5-7-17(15)19(18)14(3)20/h4-9,11,14,20H,10H2,1-3H3. The summed E-state index contributed by atoms with van der Waals surface area (Å²) in [6.07, 6.45) is 2.78. The molecule has 0 saturated heterocycles. The third-order valence-electron chi connectivity index (χ3n) is 4.37. The van der Waals surface area contributed by atoms with Crippen molar-refractivity contribution >= 4 is 16.3 Å². The van der Waals surface area contributed by atoms with Gasteiger partial charge in [0.05, 0.1) is 6.10 Å². The maximum absolute atomic E-state index is 10.3. The van der Waals surface area contributed by atoms with Crippen molar-refractivity contribution in [1.82, 2.24) is 0 Å². The third kappa shape index (κ3) is 1.99. The Morgan fingerprint density at radius 2 is 1.80 bits per heavy atom. The molecule has 102 valence electrons. The highest BCUT2D eigenvalue weighted by Gasteiger charge is 2.19. The number of aliphatic hydroxyl groups excluding tert-OH is 1. The van der Waals surface area contributed by atoms with E-state index in [1.165, 1.54) is 27.7 Å². The van der Waals surface area contributed by atoms with Gasteiger partial charge in [-0.25, -0.2) is 0 Å². The van der Waals surface area contributed by atoms with Gasteiger partial charge in [0.25, 0.3) is 0 Å². The molecule has 0 saturated carbocycles. The zero-order chi connectivity index (χ0) is 14.3. The number of hydrogen-bond donors (Lipinski definition) is 1. The lowest BCUT2D eigenvalue weighted by molar-refractivity contribution is 0.200. The van der Waals surface area contributed by atoms with Gasteiger partial charge in [-0.05, 0) is 60.2 Å². The predicted octanol–water partition coefficient (Wildman–Crippen LogP) is 5.02. The van der Waals surface area contributed by atoms with Gasteiger partial charge in [-0.1, -0.05) is 48.0 Å². The molecule has 2 aromatic rings. The first-order valence-corrected chi connectivity index (χ1v) is 7.16. The van der Waals surface area contributed by atoms with Gasteiger partial charge in [0, 0.05) is 0 Å². The Balaban J connectivity index is 2.30. The fourth-order valence-corrected chi connectivity index (χ4v) is 3.12. The maximum atomic E-state index is 10.3. The summed E-state index contributed by atoms with van der Waals surface area (Å²) < 4.78 is 0. The van der Waals surface area contributed by atoms with E-state index in [1.54, 1.807) is 0 Å². The Morgan fingerprint density at radius 3 is 2.45 bits per heavy atom. The summed E-state index contributed by atoms with van der Waals surface area (Å²) in [4.78, 5) is 0. The first-order chi connectivity index (χ1) is 9.59. The summed E-state index contributed by atoms with van der Waals surface area (Å²) in [6.45, 7) is 6.19. The number of rotatable bonds is 2. The van der Waals surface area contributed by atoms with Gasteiger partial charge in [-0.15, -0.1) is 0 Å². The second-order valence-corrected chi connectivity index (χ2v) is 5.62. The summed E-state index contributed by atoms with van der Waals surface area (Å²) in [5.41, 5.74) is 6.31. The Bertz CT molecular complexity index is 733. The van der Waals surface area contributed by atoms with Gasteiger partial charge in [0.2, 0.25) is 0 Å². The van der Waals surface area contributed by atoms with Crippen molar-refractivity contribution in [2.24, 2.45) is 0 Å². The molecular formula is C19H20O. The highest BCUT2D eigenvalue weighted by atomic mass is 16.3. The number of aliphatic hydroxyl groups is 1. The molecule has 1 aliphatic rings. The fraction of sp³-hybridized carbons (Fsp3) is 0.263. The van der Waals surface area contributed by atoms with Crippen LogP contribution in [0.4, 0.5) is 0 Å². The molecule has 1 atom stereocenters. The van der Waals surface area contributed by atoms with Crippen molar-refractivity contribution in [2.75, 3.05) is 0 Å². The van der Waals surface area contributed by atoms with Crippen LogP contribution in [0.25, 0.3) is 16.3 Å². The molecule has 0 amide bonds. The van der Waals surface area contributed by atoms with E-state index in [4.69, 9.17) is 0 Å². The van der Waals surface area contributed by atoms with Crippen LogP contribution in [0.3, 0.4) is 0 Å². The summed E-state index contributed by atoms with van der Waals surface area (Å²) in [5, 5.41) is 12.6. The summed E-state index contributed by atoms with van der Waals surface area (Å²) in [7, 11) is 0. The number of fused-ring (bicyclic) bond motifs is 1. The van der Waals surface area contributed by atoms with Gasteiger partial charge in [0.15, 0.2) is 0 Å². The maximum Gasteiger partial charge on any atom is 0.0773 e. The zero-order valence-electron chi connectivity index (χ0n) is 12.3. The van der Waals surface area contributed by atoms with Crippen molar-refractivity contribution in [3.8, 4) is 0 Å². The molecule has 0 spiro atoms. The molecule has 1 N–H and O–H groups in total. The molecule has 20 heavy (non-hydrogen) atoms. The minimum Gasteiger partial charge on any atom is -0.389 e. The van der Waals surface area contributed by atoms with E-state index in [2.05, 4.69) is 44.2 Å². The van der Waals surface area contributed by atoms with Crippen LogP contribution >= 0.6 is 0 Å². The molecule has 0 aromatic heterocycles. The van der Waals surface area contributed by atoms with Crippen molar-refractivity contribution in [1.29, 1.82) is 0 Å². The highest BCUT2D eigenvalue weighted by Crippen LogP contribution is 2.39. The summed E-state index contributed by atoms with van der Waals surface area (Å²) in [5.74, 6) is 0. The molecule has 1 unspecified atom stereocenters. The van der Waals surface area contributed by atoms with E-state index in [1.807, 2.05) is 19.1 Å². The fourth-order valence-electron chi connectivity index (χ4n) is 3.12. The van der Waals surface area contributed by atoms with Gasteiger partial charge in [0.1, 0.15) is 0 Å². The van der Waals surface area contributed by atoms with E-state index in [0.29, 0.717) is 0 Å². The summed E-state index contributed by atoms with van der Waals surface area (Å²) in [6, 6.07) is 12.6. The topological polar surface area (TPSA) is 20.2 Å². The van der Waals surface area contributed by atoms with Crippen molar-refractivity contribution in [3.05, 3.63) is 64.7 Å². The Hall–Kier alpha value is -1.86. The lowest BCUT2D eigenvalue weighted by atomic mass is 9.89. The van der Waals surface area contributed by atoms with Crippen LogP contribution in [0.15, 0.2) is 53.6 Å². The van der Waals surface area contributed by atoms with Crippen LogP contribution in [-0.4, -0.2) is 5.11 Å². The number of hydrogen-bond acceptors (Lipinski definition) is 1. The monoisotopic (exact) mass is 264 g/mol. The normalized spacial score (nSPS) is 16.7. The van der Waals surface area contributed by atoms with Crippen LogP contribution in [0.5, 0.6) is 0 Å². The van der Waals surface area contributed by atoms with Crippen LogP contribution in [0, 0.1) is 0 Å². The molecule has 1 aliphatic carbocycles. The average Bonchev–Trinajstić information content (AvgIpc) is 2.77. The first-order valence-electron chi connectivity index (χ1n) is 7.16. The van der Waals surface area contributed by atoms with Gasteiger partial charge in [-0.3, -0.25) is 0 Å². The lowest BCUT2D eigenvalue weighted by Gasteiger charge is -2.17. The molecule has 1 heteroatoms. The number of allylic oxidation sites excluding steroid dienone is 4. The molecule has 0 bridgehead atoms.